The maximum absolute atomic E-state index is 13.1. The van der Waals surface area contributed by atoms with Gasteiger partial charge in [0.15, 0.2) is 11.7 Å². The number of amides is 1. The fourth-order valence-electron chi connectivity index (χ4n) is 3.10. The highest BCUT2D eigenvalue weighted by molar-refractivity contribution is 14.0. The van der Waals surface area contributed by atoms with E-state index in [4.69, 9.17) is 0 Å². The van der Waals surface area contributed by atoms with Gasteiger partial charge < -0.3 is 15.5 Å². The van der Waals surface area contributed by atoms with Crippen molar-refractivity contribution in [1.29, 1.82) is 0 Å². The SMILES string of the molecule is CN=C(NCc1cn(C)nc1C(F)(F)F)N1CCN(CC(=O)NC(C)C)CC1.I. The minimum Gasteiger partial charge on any atom is -0.353 e. The van der Waals surface area contributed by atoms with Gasteiger partial charge >= 0.3 is 6.18 Å². The van der Waals surface area contributed by atoms with Crippen molar-refractivity contribution < 1.29 is 18.0 Å². The number of hydrogen-bond acceptors (Lipinski definition) is 4. The number of guanidine groups is 1. The second-order valence-corrected chi connectivity index (χ2v) is 7.06. The average molecular weight is 531 g/mol. The van der Waals surface area contributed by atoms with Crippen LogP contribution < -0.4 is 10.6 Å². The number of carbonyl (C=O) groups is 1. The fourth-order valence-corrected chi connectivity index (χ4v) is 3.10. The second kappa shape index (κ2) is 11.0. The Bertz CT molecular complexity index is 698. The minimum absolute atomic E-state index is 0. The van der Waals surface area contributed by atoms with Crippen molar-refractivity contribution in [1.82, 2.24) is 30.2 Å². The van der Waals surface area contributed by atoms with Crippen molar-refractivity contribution in [2.75, 3.05) is 39.8 Å². The summed E-state index contributed by atoms with van der Waals surface area (Å²) < 4.78 is 40.4. The zero-order chi connectivity index (χ0) is 20.9. The lowest BCUT2D eigenvalue weighted by Gasteiger charge is -2.36. The number of aliphatic imine (C=N–C) groups is 1. The lowest BCUT2D eigenvalue weighted by Crippen LogP contribution is -2.54. The van der Waals surface area contributed by atoms with Crippen molar-refractivity contribution in [3.63, 3.8) is 0 Å². The summed E-state index contributed by atoms with van der Waals surface area (Å²) in [6, 6.07) is 0.103. The van der Waals surface area contributed by atoms with Gasteiger partial charge in [0, 0.05) is 64.6 Å². The number of rotatable bonds is 5. The number of hydrogen-bond donors (Lipinski definition) is 2. The smallest absolute Gasteiger partial charge is 0.353 e. The highest BCUT2D eigenvalue weighted by Gasteiger charge is 2.37. The van der Waals surface area contributed by atoms with Crippen molar-refractivity contribution in [3.05, 3.63) is 17.5 Å². The third kappa shape index (κ3) is 7.64. The Hall–Kier alpha value is -1.57. The monoisotopic (exact) mass is 531 g/mol. The number of aromatic nitrogens is 2. The third-order valence-corrected chi connectivity index (χ3v) is 4.31. The molecule has 0 bridgehead atoms. The highest BCUT2D eigenvalue weighted by Crippen LogP contribution is 2.30. The van der Waals surface area contributed by atoms with Crippen LogP contribution in [0.4, 0.5) is 13.2 Å². The van der Waals surface area contributed by atoms with E-state index in [-0.39, 0.29) is 48.0 Å². The summed E-state index contributed by atoms with van der Waals surface area (Å²) >= 11 is 0. The summed E-state index contributed by atoms with van der Waals surface area (Å²) in [5, 5.41) is 9.36. The molecule has 1 saturated heterocycles. The molecule has 1 aliphatic rings. The molecule has 8 nitrogen and oxygen atoms in total. The van der Waals surface area contributed by atoms with E-state index in [0.29, 0.717) is 38.7 Å². The molecule has 0 saturated carbocycles. The Balaban J connectivity index is 0.00000420. The minimum atomic E-state index is -4.50. The summed E-state index contributed by atoms with van der Waals surface area (Å²) in [5.41, 5.74) is -0.820. The largest absolute Gasteiger partial charge is 0.435 e. The molecule has 0 unspecified atom stereocenters. The average Bonchev–Trinajstić information content (AvgIpc) is 2.97. The zero-order valence-corrected chi connectivity index (χ0v) is 19.4. The Morgan fingerprint density at radius 1 is 1.28 bits per heavy atom. The summed E-state index contributed by atoms with van der Waals surface area (Å²) in [4.78, 5) is 20.1. The molecule has 29 heavy (non-hydrogen) atoms. The van der Waals surface area contributed by atoms with E-state index in [1.807, 2.05) is 23.6 Å². The molecule has 0 aromatic carbocycles. The molecule has 2 heterocycles. The zero-order valence-electron chi connectivity index (χ0n) is 17.1. The van der Waals surface area contributed by atoms with Crippen LogP contribution in [0, 0.1) is 0 Å². The number of carbonyl (C=O) groups excluding carboxylic acids is 1. The molecule has 166 valence electrons. The fraction of sp³-hybridized carbons (Fsp3) is 0.706. The lowest BCUT2D eigenvalue weighted by molar-refractivity contribution is -0.142. The molecular formula is C17H29F3IN7O. The van der Waals surface area contributed by atoms with Crippen LogP contribution in [0.3, 0.4) is 0 Å². The van der Waals surface area contributed by atoms with E-state index in [9.17, 15) is 18.0 Å². The Morgan fingerprint density at radius 2 is 1.90 bits per heavy atom. The van der Waals surface area contributed by atoms with Crippen molar-refractivity contribution in [2.45, 2.75) is 32.6 Å². The molecule has 1 amide bonds. The third-order valence-electron chi connectivity index (χ3n) is 4.31. The Kier molecular flexibility index (Phi) is 9.65. The van der Waals surface area contributed by atoms with Crippen LogP contribution >= 0.6 is 24.0 Å². The first-order chi connectivity index (χ1) is 13.1. The van der Waals surface area contributed by atoms with E-state index >= 15 is 0 Å². The van der Waals surface area contributed by atoms with Gasteiger partial charge in [-0.2, -0.15) is 18.3 Å². The van der Waals surface area contributed by atoms with Crippen LogP contribution in [0.1, 0.15) is 25.1 Å². The topological polar surface area (TPSA) is 77.8 Å². The Labute approximate surface area is 185 Å². The molecule has 2 rings (SSSR count). The van der Waals surface area contributed by atoms with Crippen molar-refractivity contribution in [3.8, 4) is 0 Å². The summed E-state index contributed by atoms with van der Waals surface area (Å²) in [6.45, 7) is 6.76. The maximum Gasteiger partial charge on any atom is 0.435 e. The van der Waals surface area contributed by atoms with Crippen LogP contribution in [0.5, 0.6) is 0 Å². The number of halogens is 4. The van der Waals surface area contributed by atoms with Gasteiger partial charge in [-0.1, -0.05) is 0 Å². The van der Waals surface area contributed by atoms with Crippen LogP contribution in [-0.4, -0.2) is 77.3 Å². The van der Waals surface area contributed by atoms with Gasteiger partial charge in [-0.25, -0.2) is 0 Å². The van der Waals surface area contributed by atoms with Crippen LogP contribution in [0.15, 0.2) is 11.2 Å². The molecule has 1 aliphatic heterocycles. The van der Waals surface area contributed by atoms with Gasteiger partial charge in [0.2, 0.25) is 5.91 Å². The first kappa shape index (κ1) is 25.5. The summed E-state index contributed by atoms with van der Waals surface area (Å²) in [5.74, 6) is 0.519. The summed E-state index contributed by atoms with van der Waals surface area (Å²) in [7, 11) is 3.06. The van der Waals surface area contributed by atoms with Gasteiger partial charge in [-0.15, -0.1) is 24.0 Å². The molecule has 1 aromatic rings. The highest BCUT2D eigenvalue weighted by atomic mass is 127. The molecule has 0 radical (unpaired) electrons. The van der Waals surface area contributed by atoms with Gasteiger partial charge in [0.1, 0.15) is 0 Å². The van der Waals surface area contributed by atoms with E-state index in [1.54, 1.807) is 7.05 Å². The number of alkyl halides is 3. The molecule has 0 atom stereocenters. The quantitative estimate of drug-likeness (QED) is 0.340. The van der Waals surface area contributed by atoms with Crippen LogP contribution in [0.2, 0.25) is 0 Å². The summed E-state index contributed by atoms with van der Waals surface area (Å²) in [6.07, 6.45) is -3.14. The van der Waals surface area contributed by atoms with Crippen LogP contribution in [0.25, 0.3) is 0 Å². The second-order valence-electron chi connectivity index (χ2n) is 7.06. The standard InChI is InChI=1S/C17H28F3N7O.HI/c1-12(2)23-14(28)11-26-5-7-27(8-6-26)16(21-3)22-9-13-10-25(4)24-15(13)17(18,19)20;/h10,12H,5-9,11H2,1-4H3,(H,21,22)(H,23,28);1H. The van der Waals surface area contributed by atoms with Crippen molar-refractivity contribution in [2.24, 2.45) is 12.0 Å². The van der Waals surface area contributed by atoms with E-state index in [2.05, 4.69) is 20.7 Å². The van der Waals surface area contributed by atoms with Crippen molar-refractivity contribution >= 4 is 35.8 Å². The normalized spacial score (nSPS) is 16.0. The molecule has 0 aliphatic carbocycles. The predicted molar refractivity (Wildman–Crippen MR) is 115 cm³/mol. The molecule has 2 N–H and O–H groups in total. The number of piperazine rings is 1. The van der Waals surface area contributed by atoms with Gasteiger partial charge in [0.05, 0.1) is 6.54 Å². The molecule has 1 aromatic heterocycles. The molecule has 12 heteroatoms. The number of nitrogens with one attached hydrogen (secondary N) is 2. The molecular weight excluding hydrogens is 502 g/mol. The maximum atomic E-state index is 13.1. The van der Waals surface area contributed by atoms with E-state index in [0.717, 1.165) is 4.68 Å². The Morgan fingerprint density at radius 3 is 2.41 bits per heavy atom. The van der Waals surface area contributed by atoms with Gasteiger partial charge in [-0.05, 0) is 13.8 Å². The van der Waals surface area contributed by atoms with E-state index < -0.39 is 11.9 Å². The number of nitrogens with zero attached hydrogens (tertiary/aromatic N) is 5. The first-order valence-corrected chi connectivity index (χ1v) is 9.17. The van der Waals surface area contributed by atoms with Gasteiger partial charge in [0.25, 0.3) is 0 Å². The first-order valence-electron chi connectivity index (χ1n) is 9.17. The molecule has 1 fully saturated rings. The lowest BCUT2D eigenvalue weighted by atomic mass is 10.2. The predicted octanol–water partition coefficient (Wildman–Crippen LogP) is 1.27. The van der Waals surface area contributed by atoms with Crippen LogP contribution in [-0.2, 0) is 24.6 Å². The van der Waals surface area contributed by atoms with E-state index in [1.165, 1.54) is 13.2 Å². The van der Waals surface area contributed by atoms with Gasteiger partial charge in [-0.3, -0.25) is 19.4 Å². The number of aryl methyl sites for hydroxylation is 1. The molecule has 0 spiro atoms.